The number of hydrogen-bond donors (Lipinski definition) is 0. The molecular weight excluding hydrogens is 505 g/mol. The Morgan fingerprint density at radius 3 is 2.20 bits per heavy atom. The third-order valence-electron chi connectivity index (χ3n) is 6.50. The maximum absolute atomic E-state index is 12.7. The molecule has 0 amide bonds. The molecule has 0 N–H and O–H groups in total. The van der Waals surface area contributed by atoms with Gasteiger partial charge in [-0.2, -0.15) is 0 Å². The van der Waals surface area contributed by atoms with Crippen LogP contribution in [0.2, 0.25) is 10.0 Å². The van der Waals surface area contributed by atoms with Crippen LogP contribution in [0.1, 0.15) is 42.3 Å². The Morgan fingerprint density at radius 2 is 1.60 bits per heavy atom. The average Bonchev–Trinajstić information content (AvgIpc) is 3.49. The van der Waals surface area contributed by atoms with Gasteiger partial charge in [0.25, 0.3) is 0 Å². The van der Waals surface area contributed by atoms with Crippen molar-refractivity contribution in [3.05, 3.63) is 93.3 Å². The molecule has 1 saturated carbocycles. The minimum atomic E-state index is -3.27. The Kier molecular flexibility index (Phi) is 6.24. The van der Waals surface area contributed by atoms with Gasteiger partial charge in [-0.05, 0) is 60.4 Å². The minimum Gasteiger partial charge on any atom is -0.440 e. The number of hydrogen-bond acceptors (Lipinski definition) is 5. The smallest absolute Gasteiger partial charge is 0.206 e. The van der Waals surface area contributed by atoms with Crippen LogP contribution in [-0.4, -0.2) is 24.9 Å². The number of carbonyl (C=O) groups excluding carboxylic acids is 1. The first kappa shape index (κ1) is 24.0. The number of oxazole rings is 1. The number of ketones is 1. The molecule has 3 aromatic carbocycles. The Balaban J connectivity index is 1.34. The number of benzene rings is 3. The number of rotatable bonds is 8. The zero-order valence-electron chi connectivity index (χ0n) is 19.1. The Labute approximate surface area is 214 Å². The molecule has 0 saturated heterocycles. The van der Waals surface area contributed by atoms with Gasteiger partial charge >= 0.3 is 0 Å². The number of fused-ring (bicyclic) bond motifs is 1. The van der Waals surface area contributed by atoms with E-state index in [1.54, 1.807) is 43.3 Å². The summed E-state index contributed by atoms with van der Waals surface area (Å²) in [7, 11) is -3.27. The van der Waals surface area contributed by atoms with E-state index in [4.69, 9.17) is 27.6 Å². The number of sulfone groups is 1. The highest BCUT2D eigenvalue weighted by atomic mass is 35.5. The molecule has 4 aromatic rings. The number of aromatic nitrogens is 1. The van der Waals surface area contributed by atoms with E-state index < -0.39 is 15.3 Å². The first-order valence-corrected chi connectivity index (χ1v) is 13.8. The minimum absolute atomic E-state index is 0.0175. The van der Waals surface area contributed by atoms with Gasteiger partial charge in [0, 0.05) is 28.5 Å². The summed E-state index contributed by atoms with van der Waals surface area (Å²) >= 11 is 13.4. The highest BCUT2D eigenvalue weighted by Crippen LogP contribution is 2.57. The lowest BCUT2D eigenvalue weighted by Crippen LogP contribution is -2.12. The fourth-order valence-corrected chi connectivity index (χ4v) is 6.23. The lowest BCUT2D eigenvalue weighted by molar-refractivity contribution is -0.117. The predicted octanol–water partition coefficient (Wildman–Crippen LogP) is 6.36. The monoisotopic (exact) mass is 527 g/mol. The second-order valence-electron chi connectivity index (χ2n) is 8.94. The van der Waals surface area contributed by atoms with Crippen molar-refractivity contribution in [2.75, 3.05) is 5.75 Å². The molecule has 0 unspecified atom stereocenters. The van der Waals surface area contributed by atoms with Crippen LogP contribution >= 0.6 is 23.2 Å². The van der Waals surface area contributed by atoms with Crippen molar-refractivity contribution in [3.8, 4) is 0 Å². The Morgan fingerprint density at radius 1 is 0.971 bits per heavy atom. The summed E-state index contributed by atoms with van der Waals surface area (Å²) < 4.78 is 30.0. The fourth-order valence-electron chi connectivity index (χ4n) is 4.46. The lowest BCUT2D eigenvalue weighted by Gasteiger charge is -2.17. The van der Waals surface area contributed by atoms with Gasteiger partial charge < -0.3 is 4.42 Å². The van der Waals surface area contributed by atoms with E-state index in [1.807, 2.05) is 24.3 Å². The molecule has 0 atom stereocenters. The van der Waals surface area contributed by atoms with Crippen LogP contribution in [0.5, 0.6) is 0 Å². The second kappa shape index (κ2) is 9.08. The Bertz CT molecular complexity index is 1480. The molecule has 0 spiro atoms. The van der Waals surface area contributed by atoms with E-state index in [0.717, 1.165) is 40.6 Å². The Hall–Kier alpha value is -2.67. The summed E-state index contributed by atoms with van der Waals surface area (Å²) in [6.45, 7) is 1.60. The average molecular weight is 528 g/mol. The van der Waals surface area contributed by atoms with Crippen molar-refractivity contribution in [1.82, 2.24) is 4.98 Å². The van der Waals surface area contributed by atoms with E-state index >= 15 is 0 Å². The molecule has 8 heteroatoms. The molecule has 1 aromatic heterocycles. The molecular formula is C27H23Cl2NO4S. The van der Waals surface area contributed by atoms with Gasteiger partial charge in [0.05, 0.1) is 16.1 Å². The van der Waals surface area contributed by atoms with Crippen molar-refractivity contribution < 1.29 is 17.6 Å². The topological polar surface area (TPSA) is 77.2 Å². The van der Waals surface area contributed by atoms with Gasteiger partial charge in [-0.15, -0.1) is 0 Å². The number of nitrogens with zero attached hydrogens (tertiary/aromatic N) is 1. The molecule has 0 aliphatic heterocycles. The van der Waals surface area contributed by atoms with Crippen molar-refractivity contribution in [3.63, 3.8) is 0 Å². The number of para-hydroxylation sites is 2. The summed E-state index contributed by atoms with van der Waals surface area (Å²) in [4.78, 5) is 17.7. The van der Waals surface area contributed by atoms with E-state index in [1.165, 1.54) is 0 Å². The summed E-state index contributed by atoms with van der Waals surface area (Å²) in [6, 6.07) is 17.7. The highest BCUT2D eigenvalue weighted by Gasteiger charge is 2.52. The zero-order chi connectivity index (χ0) is 24.8. The third-order valence-corrected chi connectivity index (χ3v) is 8.85. The maximum atomic E-state index is 12.7. The van der Waals surface area contributed by atoms with Crippen LogP contribution in [0.15, 0.2) is 70.0 Å². The van der Waals surface area contributed by atoms with Gasteiger partial charge in [-0.1, -0.05) is 54.4 Å². The van der Waals surface area contributed by atoms with Crippen LogP contribution in [0.4, 0.5) is 0 Å². The van der Waals surface area contributed by atoms with Gasteiger partial charge in [-0.25, -0.2) is 13.4 Å². The SMILES string of the molecule is CCS(=O)(=O)c1ccc(CC(=O)Cc2cc(Cl)c(C3(c4nc5ccccc5o4)CC3)c(Cl)c2)cc1. The number of Topliss-reactive ketones (excluding diaryl/α,β-unsaturated/α-hetero) is 1. The molecule has 1 heterocycles. The summed E-state index contributed by atoms with van der Waals surface area (Å²) in [5.74, 6) is 0.632. The summed E-state index contributed by atoms with van der Waals surface area (Å²) in [5, 5.41) is 0.989. The van der Waals surface area contributed by atoms with Crippen LogP contribution in [0, 0.1) is 0 Å². The van der Waals surface area contributed by atoms with Crippen LogP contribution in [0.25, 0.3) is 11.1 Å². The molecule has 1 aliphatic rings. The molecule has 5 rings (SSSR count). The van der Waals surface area contributed by atoms with Crippen LogP contribution < -0.4 is 0 Å². The summed E-state index contributed by atoms with van der Waals surface area (Å²) in [6.07, 6.45) is 2.03. The van der Waals surface area contributed by atoms with Gasteiger partial charge in [0.1, 0.15) is 11.3 Å². The van der Waals surface area contributed by atoms with Crippen molar-refractivity contribution >= 4 is 49.9 Å². The fraction of sp³-hybridized carbons (Fsp3) is 0.259. The molecule has 35 heavy (non-hydrogen) atoms. The molecule has 1 aliphatic carbocycles. The first-order valence-electron chi connectivity index (χ1n) is 11.4. The molecule has 5 nitrogen and oxygen atoms in total. The van der Waals surface area contributed by atoms with Crippen molar-refractivity contribution in [1.29, 1.82) is 0 Å². The molecule has 1 fully saturated rings. The lowest BCUT2D eigenvalue weighted by atomic mass is 9.93. The molecule has 180 valence electrons. The standard InChI is InChI=1S/C27H23Cl2NO4S/c1-2-35(32,33)20-9-7-17(8-10-20)13-19(31)14-18-15-21(28)25(22(29)16-18)27(11-12-27)26-30-23-5-3-4-6-24(23)34-26/h3-10,15-16H,2,11-14H2,1H3. The highest BCUT2D eigenvalue weighted by molar-refractivity contribution is 7.91. The zero-order valence-corrected chi connectivity index (χ0v) is 21.4. The van der Waals surface area contributed by atoms with Gasteiger partial charge in [0.2, 0.25) is 5.89 Å². The quantitative estimate of drug-likeness (QED) is 0.266. The second-order valence-corrected chi connectivity index (χ2v) is 12.0. The van der Waals surface area contributed by atoms with Crippen molar-refractivity contribution in [2.24, 2.45) is 0 Å². The predicted molar refractivity (Wildman–Crippen MR) is 137 cm³/mol. The third kappa shape index (κ3) is 4.63. The van der Waals surface area contributed by atoms with E-state index in [9.17, 15) is 13.2 Å². The van der Waals surface area contributed by atoms with E-state index in [0.29, 0.717) is 15.9 Å². The van der Waals surface area contributed by atoms with E-state index in [2.05, 4.69) is 4.98 Å². The van der Waals surface area contributed by atoms with Gasteiger partial charge in [-0.3, -0.25) is 4.79 Å². The molecule has 0 radical (unpaired) electrons. The van der Waals surface area contributed by atoms with Crippen LogP contribution in [0.3, 0.4) is 0 Å². The number of halogens is 2. The largest absolute Gasteiger partial charge is 0.440 e. The normalized spacial score (nSPS) is 14.8. The van der Waals surface area contributed by atoms with Crippen molar-refractivity contribution in [2.45, 2.75) is 42.9 Å². The van der Waals surface area contributed by atoms with Gasteiger partial charge in [0.15, 0.2) is 15.4 Å². The number of carbonyl (C=O) groups is 1. The van der Waals surface area contributed by atoms with Crippen LogP contribution in [-0.2, 0) is 32.9 Å². The molecule has 0 bridgehead atoms. The van der Waals surface area contributed by atoms with E-state index in [-0.39, 0.29) is 29.3 Å². The maximum Gasteiger partial charge on any atom is 0.206 e. The summed E-state index contributed by atoms with van der Waals surface area (Å²) in [5.41, 5.74) is 3.35. The first-order chi connectivity index (χ1) is 16.7.